The van der Waals surface area contributed by atoms with Crippen LogP contribution in [0.4, 0.5) is 0 Å². The Kier molecular flexibility index (Phi) is 5.51. The predicted octanol–water partition coefficient (Wildman–Crippen LogP) is 3.79. The fourth-order valence-corrected chi connectivity index (χ4v) is 4.32. The van der Waals surface area contributed by atoms with Crippen molar-refractivity contribution in [3.63, 3.8) is 0 Å². The molecule has 1 aromatic carbocycles. The van der Waals surface area contributed by atoms with Gasteiger partial charge in [-0.3, -0.25) is 9.59 Å². The third kappa shape index (κ3) is 3.52. The molecule has 0 bridgehead atoms. The highest BCUT2D eigenvalue weighted by molar-refractivity contribution is 8.00. The number of hydrogen-bond donors (Lipinski definition) is 1. The summed E-state index contributed by atoms with van der Waals surface area (Å²) in [5.41, 5.74) is 5.47. The van der Waals surface area contributed by atoms with Gasteiger partial charge in [-0.05, 0) is 68.7 Å². The average molecular weight is 398 g/mol. The summed E-state index contributed by atoms with van der Waals surface area (Å²) in [5.74, 6) is -0.140. The van der Waals surface area contributed by atoms with Crippen LogP contribution in [0.15, 0.2) is 23.4 Å². The second kappa shape index (κ2) is 7.71. The van der Waals surface area contributed by atoms with Crippen molar-refractivity contribution in [1.29, 1.82) is 0 Å². The zero-order valence-electron chi connectivity index (χ0n) is 16.8. The molecule has 0 saturated carbocycles. The van der Waals surface area contributed by atoms with Crippen LogP contribution in [0.3, 0.4) is 0 Å². The number of hydrogen-bond acceptors (Lipinski definition) is 6. The van der Waals surface area contributed by atoms with Crippen molar-refractivity contribution in [3.05, 3.63) is 51.8 Å². The monoisotopic (exact) mass is 397 g/mol. The molecule has 0 aliphatic rings. The number of nitrogens with one attached hydrogen (secondary N) is 1. The maximum Gasteiger partial charge on any atom is 0.214 e. The summed E-state index contributed by atoms with van der Waals surface area (Å²) >= 11 is 1.30. The van der Waals surface area contributed by atoms with Gasteiger partial charge in [-0.1, -0.05) is 30.0 Å². The molecule has 1 N–H and O–H groups in total. The number of thioether (sulfide) groups is 1. The van der Waals surface area contributed by atoms with E-state index in [1.54, 1.807) is 18.5 Å². The summed E-state index contributed by atoms with van der Waals surface area (Å²) < 4.78 is 1.67. The fraction of sp³-hybridized carbons (Fsp3) is 0.350. The quantitative estimate of drug-likeness (QED) is 0.502. The predicted molar refractivity (Wildman–Crippen MR) is 109 cm³/mol. The van der Waals surface area contributed by atoms with Crippen LogP contribution < -0.4 is 0 Å². The number of carbonyl (C=O) groups is 2. The molecule has 3 rings (SSSR count). The number of carbonyl (C=O) groups excluding carboxylic acids is 2. The molecular formula is C20H23N5O2S. The van der Waals surface area contributed by atoms with Gasteiger partial charge < -0.3 is 4.98 Å². The molecule has 3 aromatic rings. The number of aromatic amines is 1. The van der Waals surface area contributed by atoms with Gasteiger partial charge in [-0.25, -0.2) is 0 Å². The summed E-state index contributed by atoms with van der Waals surface area (Å²) in [6, 6.07) is 5.99. The molecule has 146 valence electrons. The summed E-state index contributed by atoms with van der Waals surface area (Å²) in [6.45, 7) is 10.9. The van der Waals surface area contributed by atoms with Gasteiger partial charge in [0, 0.05) is 11.3 Å². The van der Waals surface area contributed by atoms with Crippen LogP contribution >= 0.6 is 11.8 Å². The number of ketones is 2. The van der Waals surface area contributed by atoms with Crippen LogP contribution in [-0.2, 0) is 0 Å². The molecule has 8 heteroatoms. The molecule has 2 heterocycles. The van der Waals surface area contributed by atoms with Gasteiger partial charge in [0.15, 0.2) is 11.6 Å². The van der Waals surface area contributed by atoms with Gasteiger partial charge in [-0.2, -0.15) is 4.68 Å². The number of aromatic nitrogens is 5. The average Bonchev–Trinajstić information content (AvgIpc) is 3.18. The van der Waals surface area contributed by atoms with E-state index >= 15 is 0 Å². The number of Topliss-reactive ketones (excluding diaryl/α,β-unsaturated/α-hetero) is 2. The van der Waals surface area contributed by atoms with Gasteiger partial charge in [0.25, 0.3) is 0 Å². The topological polar surface area (TPSA) is 93.5 Å². The second-order valence-electron chi connectivity index (χ2n) is 6.92. The van der Waals surface area contributed by atoms with E-state index in [2.05, 4.69) is 20.5 Å². The molecule has 0 radical (unpaired) electrons. The largest absolute Gasteiger partial charge is 0.355 e. The lowest BCUT2D eigenvalue weighted by molar-refractivity contribution is 0.0988. The minimum absolute atomic E-state index is 0.0513. The molecule has 0 fully saturated rings. The van der Waals surface area contributed by atoms with E-state index in [1.165, 1.54) is 18.7 Å². The maximum absolute atomic E-state index is 13.0. The Hall–Kier alpha value is -2.74. The molecule has 0 aliphatic heterocycles. The van der Waals surface area contributed by atoms with Crippen molar-refractivity contribution in [2.45, 2.75) is 51.9 Å². The van der Waals surface area contributed by atoms with Crippen molar-refractivity contribution in [2.75, 3.05) is 0 Å². The highest BCUT2D eigenvalue weighted by Crippen LogP contribution is 2.29. The first-order chi connectivity index (χ1) is 13.2. The fourth-order valence-electron chi connectivity index (χ4n) is 3.47. The van der Waals surface area contributed by atoms with Crippen molar-refractivity contribution >= 4 is 23.3 Å². The van der Waals surface area contributed by atoms with Crippen molar-refractivity contribution in [2.24, 2.45) is 0 Å². The molecule has 0 unspecified atom stereocenters. The Balaban J connectivity index is 1.90. The lowest BCUT2D eigenvalue weighted by atomic mass is 10.0. The molecular weight excluding hydrogens is 374 g/mol. The van der Waals surface area contributed by atoms with Crippen LogP contribution in [0.25, 0.3) is 5.69 Å². The zero-order chi connectivity index (χ0) is 20.6. The molecule has 0 amide bonds. The summed E-state index contributed by atoms with van der Waals surface area (Å²) in [4.78, 5) is 27.9. The lowest BCUT2D eigenvalue weighted by Gasteiger charge is -2.13. The number of tetrazole rings is 1. The first-order valence-electron chi connectivity index (χ1n) is 8.98. The standard InChI is InChI=1S/C20H23N5O2S/c1-10-8-7-9-11(2)18(10)25-20(22-23-24-25)28-15(6)19(27)17-12(3)16(14(5)26)13(4)21-17/h7-9,15,21H,1-6H3/t15-/m0/s1. The molecule has 1 atom stereocenters. The third-order valence-electron chi connectivity index (χ3n) is 4.78. The molecule has 0 saturated heterocycles. The second-order valence-corrected chi connectivity index (χ2v) is 8.23. The lowest BCUT2D eigenvalue weighted by Crippen LogP contribution is -2.16. The molecule has 0 aliphatic carbocycles. The Bertz CT molecular complexity index is 1050. The Morgan fingerprint density at radius 1 is 1.14 bits per heavy atom. The van der Waals surface area contributed by atoms with Gasteiger partial charge in [0.2, 0.25) is 5.16 Å². The number of benzene rings is 1. The maximum atomic E-state index is 13.0. The number of para-hydroxylation sites is 1. The number of H-pyrrole nitrogens is 1. The SMILES string of the molecule is CC(=O)c1c(C)[nH]c(C(=O)[C@H](C)Sc2nnnn2-c2c(C)cccc2C)c1C. The van der Waals surface area contributed by atoms with Crippen molar-refractivity contribution in [3.8, 4) is 5.69 Å². The van der Waals surface area contributed by atoms with Gasteiger partial charge in [0.05, 0.1) is 16.6 Å². The Labute approximate surface area is 167 Å². The number of aryl methyl sites for hydroxylation is 3. The molecule has 7 nitrogen and oxygen atoms in total. The van der Waals surface area contributed by atoms with E-state index in [0.29, 0.717) is 27.7 Å². The van der Waals surface area contributed by atoms with Gasteiger partial charge in [-0.15, -0.1) is 5.10 Å². The van der Waals surface area contributed by atoms with E-state index in [-0.39, 0.29) is 11.6 Å². The summed E-state index contributed by atoms with van der Waals surface area (Å²) in [5, 5.41) is 12.2. The van der Waals surface area contributed by atoms with Gasteiger partial charge in [0.1, 0.15) is 0 Å². The highest BCUT2D eigenvalue weighted by atomic mass is 32.2. The normalized spacial score (nSPS) is 12.2. The van der Waals surface area contributed by atoms with E-state index < -0.39 is 5.25 Å². The Morgan fingerprint density at radius 2 is 1.79 bits per heavy atom. The first kappa shape index (κ1) is 20.0. The van der Waals surface area contributed by atoms with Crippen LogP contribution in [0.5, 0.6) is 0 Å². The number of rotatable bonds is 6. The summed E-state index contributed by atoms with van der Waals surface area (Å²) in [6.07, 6.45) is 0. The van der Waals surface area contributed by atoms with Crippen LogP contribution in [-0.4, -0.2) is 42.0 Å². The molecule has 28 heavy (non-hydrogen) atoms. The molecule has 0 spiro atoms. The Morgan fingerprint density at radius 3 is 2.36 bits per heavy atom. The van der Waals surface area contributed by atoms with Crippen molar-refractivity contribution < 1.29 is 9.59 Å². The zero-order valence-corrected chi connectivity index (χ0v) is 17.6. The van der Waals surface area contributed by atoms with E-state index in [1.807, 2.05) is 39.0 Å². The van der Waals surface area contributed by atoms with E-state index in [0.717, 1.165) is 16.8 Å². The summed E-state index contributed by atoms with van der Waals surface area (Å²) in [7, 11) is 0. The van der Waals surface area contributed by atoms with E-state index in [4.69, 9.17) is 0 Å². The smallest absolute Gasteiger partial charge is 0.214 e. The van der Waals surface area contributed by atoms with Crippen molar-refractivity contribution in [1.82, 2.24) is 25.2 Å². The minimum atomic E-state index is -0.425. The molecule has 2 aromatic heterocycles. The van der Waals surface area contributed by atoms with Crippen LogP contribution in [0.1, 0.15) is 57.1 Å². The minimum Gasteiger partial charge on any atom is -0.355 e. The highest BCUT2D eigenvalue weighted by Gasteiger charge is 2.26. The number of nitrogens with zero attached hydrogens (tertiary/aromatic N) is 4. The third-order valence-corrected chi connectivity index (χ3v) is 5.81. The van der Waals surface area contributed by atoms with Crippen LogP contribution in [0, 0.1) is 27.7 Å². The van der Waals surface area contributed by atoms with Gasteiger partial charge >= 0.3 is 0 Å². The van der Waals surface area contributed by atoms with Crippen LogP contribution in [0.2, 0.25) is 0 Å². The van der Waals surface area contributed by atoms with E-state index in [9.17, 15) is 9.59 Å². The first-order valence-corrected chi connectivity index (χ1v) is 9.86.